The van der Waals surface area contributed by atoms with Crippen LogP contribution in [0.1, 0.15) is 18.4 Å². The molecule has 1 aromatic carbocycles. The van der Waals surface area contributed by atoms with Crippen molar-refractivity contribution in [2.24, 2.45) is 0 Å². The van der Waals surface area contributed by atoms with E-state index >= 15 is 0 Å². The average molecular weight is 266 g/mol. The number of amides is 1. The topological polar surface area (TPSA) is 50.4 Å². The predicted octanol–water partition coefficient (Wildman–Crippen LogP) is 1.24. The summed E-state index contributed by atoms with van der Waals surface area (Å²) in [5.74, 6) is 0.377. The number of methoxy groups -OCH3 is 1. The number of carbonyl (C=O) groups is 1. The first-order chi connectivity index (χ1) is 9.20. The van der Waals surface area contributed by atoms with Crippen LogP contribution in [0.3, 0.4) is 0 Å². The van der Waals surface area contributed by atoms with Gasteiger partial charge in [-0.15, -0.1) is 0 Å². The lowest BCUT2D eigenvalue weighted by Gasteiger charge is -2.12. The zero-order valence-electron chi connectivity index (χ0n) is 11.0. The summed E-state index contributed by atoms with van der Waals surface area (Å²) < 4.78 is 18.3. The van der Waals surface area contributed by atoms with Crippen molar-refractivity contribution in [3.05, 3.63) is 29.6 Å². The molecule has 0 aromatic heterocycles. The van der Waals surface area contributed by atoms with Crippen LogP contribution in [0.2, 0.25) is 0 Å². The Morgan fingerprint density at radius 3 is 3.11 bits per heavy atom. The smallest absolute Gasteiger partial charge is 0.237 e. The average Bonchev–Trinajstić information content (AvgIpc) is 2.93. The van der Waals surface area contributed by atoms with Crippen molar-refractivity contribution >= 4 is 5.91 Å². The first-order valence-electron chi connectivity index (χ1n) is 6.54. The number of rotatable bonds is 5. The van der Waals surface area contributed by atoms with Crippen LogP contribution in [-0.2, 0) is 11.2 Å². The third-order valence-electron chi connectivity index (χ3n) is 3.31. The zero-order chi connectivity index (χ0) is 13.7. The fourth-order valence-electron chi connectivity index (χ4n) is 2.29. The van der Waals surface area contributed by atoms with Gasteiger partial charge < -0.3 is 15.4 Å². The molecule has 0 radical (unpaired) electrons. The van der Waals surface area contributed by atoms with E-state index < -0.39 is 0 Å². The summed E-state index contributed by atoms with van der Waals surface area (Å²) in [6.07, 6.45) is 2.48. The summed E-state index contributed by atoms with van der Waals surface area (Å²) in [5.41, 5.74) is 0.766. The molecule has 1 aromatic rings. The SMILES string of the molecule is COc1ccc(F)cc1CCNC(=O)C1CCCN1. The molecule has 0 aliphatic carbocycles. The molecule has 2 N–H and O–H groups in total. The molecule has 0 bridgehead atoms. The van der Waals surface area contributed by atoms with Gasteiger partial charge in [-0.3, -0.25) is 4.79 Å². The minimum Gasteiger partial charge on any atom is -0.496 e. The number of benzene rings is 1. The third-order valence-corrected chi connectivity index (χ3v) is 3.31. The van der Waals surface area contributed by atoms with Gasteiger partial charge in [0.2, 0.25) is 5.91 Å². The molecule has 0 saturated carbocycles. The largest absolute Gasteiger partial charge is 0.496 e. The van der Waals surface area contributed by atoms with Gasteiger partial charge in [0, 0.05) is 6.54 Å². The van der Waals surface area contributed by atoms with Crippen LogP contribution in [0.25, 0.3) is 0 Å². The Labute approximate surface area is 112 Å². The Kier molecular flexibility index (Phi) is 4.74. The number of hydrogen-bond acceptors (Lipinski definition) is 3. The molecule has 0 spiro atoms. The van der Waals surface area contributed by atoms with Crippen molar-refractivity contribution in [3.63, 3.8) is 0 Å². The summed E-state index contributed by atoms with van der Waals surface area (Å²) in [5, 5.41) is 6.00. The molecule has 1 amide bonds. The molecular weight excluding hydrogens is 247 g/mol. The van der Waals surface area contributed by atoms with Gasteiger partial charge in [-0.05, 0) is 49.6 Å². The van der Waals surface area contributed by atoms with Crippen LogP contribution >= 0.6 is 0 Å². The van der Waals surface area contributed by atoms with Crippen LogP contribution in [0.15, 0.2) is 18.2 Å². The van der Waals surface area contributed by atoms with Gasteiger partial charge in [0.25, 0.3) is 0 Å². The van der Waals surface area contributed by atoms with E-state index in [1.165, 1.54) is 12.1 Å². The van der Waals surface area contributed by atoms with E-state index in [9.17, 15) is 9.18 Å². The van der Waals surface area contributed by atoms with E-state index in [0.717, 1.165) is 24.9 Å². The Balaban J connectivity index is 1.84. The normalized spacial score (nSPS) is 18.3. The molecule has 2 rings (SSSR count). The molecule has 4 nitrogen and oxygen atoms in total. The van der Waals surface area contributed by atoms with Gasteiger partial charge in [0.05, 0.1) is 13.2 Å². The summed E-state index contributed by atoms with van der Waals surface area (Å²) in [6, 6.07) is 4.34. The lowest BCUT2D eigenvalue weighted by Crippen LogP contribution is -2.41. The van der Waals surface area contributed by atoms with Crippen molar-refractivity contribution in [2.45, 2.75) is 25.3 Å². The van der Waals surface area contributed by atoms with Gasteiger partial charge in [-0.25, -0.2) is 4.39 Å². The maximum atomic E-state index is 13.2. The van der Waals surface area contributed by atoms with Gasteiger partial charge >= 0.3 is 0 Å². The summed E-state index contributed by atoms with van der Waals surface area (Å²) in [7, 11) is 1.55. The Bertz CT molecular complexity index is 445. The van der Waals surface area contributed by atoms with Crippen molar-refractivity contribution in [2.75, 3.05) is 20.2 Å². The standard InChI is InChI=1S/C14H19FN2O2/c1-19-13-5-4-11(15)9-10(13)6-8-17-14(18)12-3-2-7-16-12/h4-5,9,12,16H,2-3,6-8H2,1H3,(H,17,18). The molecule has 1 aliphatic rings. The molecule has 1 atom stereocenters. The molecule has 19 heavy (non-hydrogen) atoms. The summed E-state index contributed by atoms with van der Waals surface area (Å²) >= 11 is 0. The second-order valence-electron chi connectivity index (χ2n) is 4.65. The molecule has 1 fully saturated rings. The Hall–Kier alpha value is -1.62. The van der Waals surface area contributed by atoms with Crippen LogP contribution in [0.4, 0.5) is 4.39 Å². The van der Waals surface area contributed by atoms with Gasteiger partial charge in [0.15, 0.2) is 0 Å². The third kappa shape index (κ3) is 3.67. The molecule has 1 unspecified atom stereocenters. The van der Waals surface area contributed by atoms with Crippen molar-refractivity contribution < 1.29 is 13.9 Å². The Morgan fingerprint density at radius 1 is 1.58 bits per heavy atom. The van der Waals surface area contributed by atoms with Crippen LogP contribution in [-0.4, -0.2) is 32.1 Å². The van der Waals surface area contributed by atoms with Gasteiger partial charge in [-0.2, -0.15) is 0 Å². The van der Waals surface area contributed by atoms with E-state index in [4.69, 9.17) is 4.74 Å². The van der Waals surface area contributed by atoms with Crippen molar-refractivity contribution in [1.29, 1.82) is 0 Å². The zero-order valence-corrected chi connectivity index (χ0v) is 11.0. The second kappa shape index (κ2) is 6.52. The quantitative estimate of drug-likeness (QED) is 0.843. The summed E-state index contributed by atoms with van der Waals surface area (Å²) in [6.45, 7) is 1.38. The highest BCUT2D eigenvalue weighted by molar-refractivity contribution is 5.81. The number of ether oxygens (including phenoxy) is 1. The highest BCUT2D eigenvalue weighted by Gasteiger charge is 2.21. The van der Waals surface area contributed by atoms with E-state index in [-0.39, 0.29) is 17.8 Å². The van der Waals surface area contributed by atoms with Crippen molar-refractivity contribution in [3.8, 4) is 5.75 Å². The molecule has 1 saturated heterocycles. The van der Waals surface area contributed by atoms with Crippen molar-refractivity contribution in [1.82, 2.24) is 10.6 Å². The lowest BCUT2D eigenvalue weighted by molar-refractivity contribution is -0.122. The van der Waals surface area contributed by atoms with Crippen LogP contribution in [0, 0.1) is 5.82 Å². The molecule has 5 heteroatoms. The maximum Gasteiger partial charge on any atom is 0.237 e. The molecular formula is C14H19FN2O2. The van der Waals surface area contributed by atoms with E-state index in [0.29, 0.717) is 18.7 Å². The number of halogens is 1. The van der Waals surface area contributed by atoms with E-state index in [1.807, 2.05) is 0 Å². The van der Waals surface area contributed by atoms with E-state index in [1.54, 1.807) is 13.2 Å². The number of hydrogen-bond donors (Lipinski definition) is 2. The van der Waals surface area contributed by atoms with Crippen LogP contribution < -0.4 is 15.4 Å². The first kappa shape index (κ1) is 13.8. The molecule has 1 heterocycles. The minimum absolute atomic E-state index is 0.0212. The fourth-order valence-corrected chi connectivity index (χ4v) is 2.29. The highest BCUT2D eigenvalue weighted by atomic mass is 19.1. The van der Waals surface area contributed by atoms with Gasteiger partial charge in [0.1, 0.15) is 11.6 Å². The first-order valence-corrected chi connectivity index (χ1v) is 6.54. The van der Waals surface area contributed by atoms with Gasteiger partial charge in [-0.1, -0.05) is 0 Å². The predicted molar refractivity (Wildman–Crippen MR) is 70.7 cm³/mol. The lowest BCUT2D eigenvalue weighted by atomic mass is 10.1. The van der Waals surface area contributed by atoms with E-state index in [2.05, 4.69) is 10.6 Å². The second-order valence-corrected chi connectivity index (χ2v) is 4.65. The monoisotopic (exact) mass is 266 g/mol. The summed E-state index contributed by atoms with van der Waals surface area (Å²) in [4.78, 5) is 11.8. The van der Waals surface area contributed by atoms with Crippen LogP contribution in [0.5, 0.6) is 5.75 Å². The molecule has 1 aliphatic heterocycles. The molecule has 104 valence electrons. The number of carbonyl (C=O) groups excluding carboxylic acids is 1. The highest BCUT2D eigenvalue weighted by Crippen LogP contribution is 2.19. The Morgan fingerprint density at radius 2 is 2.42 bits per heavy atom. The fraction of sp³-hybridized carbons (Fsp3) is 0.500. The maximum absolute atomic E-state index is 13.2. The number of nitrogens with one attached hydrogen (secondary N) is 2. The minimum atomic E-state index is -0.292.